The number of amides is 1. The van der Waals surface area contributed by atoms with Crippen LogP contribution >= 0.6 is 0 Å². The van der Waals surface area contributed by atoms with Crippen LogP contribution in [0.5, 0.6) is 0 Å². The summed E-state index contributed by atoms with van der Waals surface area (Å²) in [6.07, 6.45) is 6.18. The maximum Gasteiger partial charge on any atom is 0.225 e. The third-order valence-corrected chi connectivity index (χ3v) is 2.14. The quantitative estimate of drug-likeness (QED) is 0.509. The zero-order chi connectivity index (χ0) is 9.68. The van der Waals surface area contributed by atoms with E-state index in [-0.39, 0.29) is 17.6 Å². The van der Waals surface area contributed by atoms with Gasteiger partial charge in [0.1, 0.15) is 5.78 Å². The van der Waals surface area contributed by atoms with E-state index in [1.54, 1.807) is 6.92 Å². The highest BCUT2D eigenvalue weighted by atomic mass is 16.2. The maximum absolute atomic E-state index is 10.8. The molecule has 3 nitrogen and oxygen atoms in total. The molecule has 3 heteroatoms. The lowest BCUT2D eigenvalue weighted by Gasteiger charge is -2.24. The van der Waals surface area contributed by atoms with Crippen LogP contribution in [0.4, 0.5) is 0 Å². The van der Waals surface area contributed by atoms with Crippen molar-refractivity contribution in [1.82, 2.24) is 5.32 Å². The molecule has 1 aliphatic rings. The molecule has 1 aliphatic heterocycles. The minimum Gasteiger partial charge on any atom is -0.355 e. The second-order valence-corrected chi connectivity index (χ2v) is 3.39. The summed E-state index contributed by atoms with van der Waals surface area (Å²) >= 11 is 0. The van der Waals surface area contributed by atoms with Crippen LogP contribution in [0.2, 0.25) is 0 Å². The van der Waals surface area contributed by atoms with Gasteiger partial charge in [-0.1, -0.05) is 12.2 Å². The summed E-state index contributed by atoms with van der Waals surface area (Å²) in [4.78, 5) is 21.4. The number of hydrogen-bond donors (Lipinski definition) is 1. The van der Waals surface area contributed by atoms with Crippen LogP contribution in [0.15, 0.2) is 12.2 Å². The molecule has 0 aromatic rings. The van der Waals surface area contributed by atoms with E-state index in [0.717, 1.165) is 19.4 Å². The Labute approximate surface area is 78.2 Å². The largest absolute Gasteiger partial charge is 0.355 e. The summed E-state index contributed by atoms with van der Waals surface area (Å²) < 4.78 is 0. The van der Waals surface area contributed by atoms with Gasteiger partial charge < -0.3 is 10.1 Å². The number of carbonyl (C=O) groups excluding carboxylic acids is 2. The molecule has 0 aliphatic carbocycles. The SMILES string of the molecule is CC(=O)CC/C=C\C[C@H]1CNC1=O. The minimum absolute atomic E-state index is 0.149. The fourth-order valence-corrected chi connectivity index (χ4v) is 1.19. The minimum atomic E-state index is 0.149. The standard InChI is InChI=1S/C10H15NO2/c1-8(12)5-3-2-4-6-9-7-11-10(9)13/h2,4,9H,3,5-7H2,1H3,(H,11,13)/b4-2-/t9-/m0/s1. The molecule has 0 bridgehead atoms. The van der Waals surface area contributed by atoms with Crippen molar-refractivity contribution in [3.8, 4) is 0 Å². The first-order valence-electron chi connectivity index (χ1n) is 4.62. The van der Waals surface area contributed by atoms with Gasteiger partial charge in [-0.05, 0) is 19.8 Å². The number of β-lactam (4-membered cyclic amide) rings is 1. The van der Waals surface area contributed by atoms with Gasteiger partial charge in [0.2, 0.25) is 5.91 Å². The molecule has 0 aromatic heterocycles. The molecule has 1 rings (SSSR count). The molecule has 0 radical (unpaired) electrons. The molecule has 0 saturated carbocycles. The van der Waals surface area contributed by atoms with Gasteiger partial charge in [0.05, 0.1) is 5.92 Å². The summed E-state index contributed by atoms with van der Waals surface area (Å²) in [5.74, 6) is 0.538. The van der Waals surface area contributed by atoms with Crippen LogP contribution < -0.4 is 5.32 Å². The monoisotopic (exact) mass is 181 g/mol. The maximum atomic E-state index is 10.8. The average Bonchev–Trinajstić information content (AvgIpc) is 2.08. The van der Waals surface area contributed by atoms with Gasteiger partial charge in [0.15, 0.2) is 0 Å². The molecule has 1 atom stereocenters. The lowest BCUT2D eigenvalue weighted by Crippen LogP contribution is -2.48. The Bertz CT molecular complexity index is 233. The fraction of sp³-hybridized carbons (Fsp3) is 0.600. The summed E-state index contributed by atoms with van der Waals surface area (Å²) in [5.41, 5.74) is 0. The normalized spacial score (nSPS) is 21.3. The Morgan fingerprint density at radius 2 is 2.38 bits per heavy atom. The number of ketones is 1. The molecule has 1 N–H and O–H groups in total. The van der Waals surface area contributed by atoms with Gasteiger partial charge in [-0.3, -0.25) is 4.79 Å². The molecular formula is C10H15NO2. The van der Waals surface area contributed by atoms with Crippen LogP contribution in [0.25, 0.3) is 0 Å². The van der Waals surface area contributed by atoms with Crippen molar-refractivity contribution in [3.63, 3.8) is 0 Å². The van der Waals surface area contributed by atoms with Gasteiger partial charge in [0, 0.05) is 13.0 Å². The van der Waals surface area contributed by atoms with E-state index in [1.807, 2.05) is 12.2 Å². The zero-order valence-electron chi connectivity index (χ0n) is 7.88. The van der Waals surface area contributed by atoms with Crippen LogP contribution in [0, 0.1) is 5.92 Å². The number of rotatable bonds is 5. The smallest absolute Gasteiger partial charge is 0.225 e. The predicted molar refractivity (Wildman–Crippen MR) is 50.2 cm³/mol. The average molecular weight is 181 g/mol. The van der Waals surface area contributed by atoms with Gasteiger partial charge in [-0.2, -0.15) is 0 Å². The van der Waals surface area contributed by atoms with Gasteiger partial charge >= 0.3 is 0 Å². The highest BCUT2D eigenvalue weighted by molar-refractivity contribution is 5.84. The highest BCUT2D eigenvalue weighted by Gasteiger charge is 2.25. The molecule has 13 heavy (non-hydrogen) atoms. The van der Waals surface area contributed by atoms with Crippen LogP contribution in [-0.4, -0.2) is 18.2 Å². The van der Waals surface area contributed by atoms with Crippen LogP contribution in [0.1, 0.15) is 26.2 Å². The molecule has 72 valence electrons. The predicted octanol–water partition coefficient (Wildman–Crippen LogP) is 1.05. The Hall–Kier alpha value is -1.12. The fourth-order valence-electron chi connectivity index (χ4n) is 1.19. The third-order valence-electron chi connectivity index (χ3n) is 2.14. The Morgan fingerprint density at radius 3 is 2.85 bits per heavy atom. The van der Waals surface area contributed by atoms with Gasteiger partial charge in [-0.15, -0.1) is 0 Å². The molecule has 0 unspecified atom stereocenters. The Morgan fingerprint density at radius 1 is 1.62 bits per heavy atom. The first-order valence-corrected chi connectivity index (χ1v) is 4.62. The number of nitrogens with one attached hydrogen (secondary N) is 1. The lowest BCUT2D eigenvalue weighted by atomic mass is 9.98. The van der Waals surface area contributed by atoms with E-state index in [9.17, 15) is 9.59 Å². The number of Topliss-reactive ketones (excluding diaryl/α,β-unsaturated/α-hetero) is 1. The van der Waals surface area contributed by atoms with Crippen molar-refractivity contribution in [3.05, 3.63) is 12.2 Å². The summed E-state index contributed by atoms with van der Waals surface area (Å²) in [5, 5.41) is 2.69. The highest BCUT2D eigenvalue weighted by Crippen LogP contribution is 2.10. The molecule has 1 amide bonds. The van der Waals surface area contributed by atoms with Gasteiger partial charge in [0.25, 0.3) is 0 Å². The number of allylic oxidation sites excluding steroid dienone is 2. The Balaban J connectivity index is 2.04. The van der Waals surface area contributed by atoms with E-state index >= 15 is 0 Å². The molecule has 0 aromatic carbocycles. The third kappa shape index (κ3) is 3.40. The Kier molecular flexibility index (Phi) is 3.68. The molecular weight excluding hydrogens is 166 g/mol. The van der Waals surface area contributed by atoms with Crippen molar-refractivity contribution in [1.29, 1.82) is 0 Å². The summed E-state index contributed by atoms with van der Waals surface area (Å²) in [6.45, 7) is 2.39. The first kappa shape index (κ1) is 9.96. The van der Waals surface area contributed by atoms with Gasteiger partial charge in [-0.25, -0.2) is 0 Å². The zero-order valence-corrected chi connectivity index (χ0v) is 7.88. The second-order valence-electron chi connectivity index (χ2n) is 3.39. The summed E-state index contributed by atoms with van der Waals surface area (Å²) in [7, 11) is 0. The topological polar surface area (TPSA) is 46.2 Å². The molecule has 1 fully saturated rings. The van der Waals surface area contributed by atoms with E-state index < -0.39 is 0 Å². The second kappa shape index (κ2) is 4.80. The van der Waals surface area contributed by atoms with Crippen molar-refractivity contribution in [2.24, 2.45) is 5.92 Å². The van der Waals surface area contributed by atoms with E-state index in [0.29, 0.717) is 6.42 Å². The van der Waals surface area contributed by atoms with E-state index in [4.69, 9.17) is 0 Å². The van der Waals surface area contributed by atoms with Crippen molar-refractivity contribution < 1.29 is 9.59 Å². The number of hydrogen-bond acceptors (Lipinski definition) is 2. The number of carbonyl (C=O) groups is 2. The van der Waals surface area contributed by atoms with Crippen LogP contribution in [0.3, 0.4) is 0 Å². The summed E-state index contributed by atoms with van der Waals surface area (Å²) in [6, 6.07) is 0. The van der Waals surface area contributed by atoms with Crippen molar-refractivity contribution in [2.45, 2.75) is 26.2 Å². The molecule has 0 spiro atoms. The van der Waals surface area contributed by atoms with E-state index in [1.165, 1.54) is 0 Å². The van der Waals surface area contributed by atoms with E-state index in [2.05, 4.69) is 5.32 Å². The van der Waals surface area contributed by atoms with Crippen molar-refractivity contribution >= 4 is 11.7 Å². The van der Waals surface area contributed by atoms with Crippen LogP contribution in [-0.2, 0) is 9.59 Å². The van der Waals surface area contributed by atoms with Crippen molar-refractivity contribution in [2.75, 3.05) is 6.54 Å². The molecule has 1 heterocycles. The first-order chi connectivity index (χ1) is 6.20. The molecule has 1 saturated heterocycles. The lowest BCUT2D eigenvalue weighted by molar-refractivity contribution is -0.130.